The second-order valence-electron chi connectivity index (χ2n) is 9.15. The van der Waals surface area contributed by atoms with Crippen LogP contribution in [0.4, 0.5) is 0 Å². The van der Waals surface area contributed by atoms with Gasteiger partial charge in [-0.1, -0.05) is 26.7 Å². The second-order valence-corrected chi connectivity index (χ2v) is 11.1. The molecule has 0 radical (unpaired) electrons. The number of oxazole rings is 1. The molecule has 2 fully saturated rings. The van der Waals surface area contributed by atoms with Gasteiger partial charge in [0.2, 0.25) is 15.9 Å². The number of carbonyl (C=O) groups is 1. The monoisotopic (exact) mass is 449 g/mol. The lowest BCUT2D eigenvalue weighted by Gasteiger charge is -2.34. The lowest BCUT2D eigenvalue weighted by molar-refractivity contribution is -0.131. The molecule has 0 saturated carbocycles. The molecule has 2 saturated heterocycles. The first-order chi connectivity index (χ1) is 14.8. The van der Waals surface area contributed by atoms with Crippen molar-refractivity contribution in [2.75, 3.05) is 26.2 Å². The molecule has 2 aliphatic heterocycles. The molecule has 0 spiro atoms. The topological polar surface area (TPSA) is 92.8 Å². The lowest BCUT2D eigenvalue weighted by Crippen LogP contribution is -2.42. The lowest BCUT2D eigenvalue weighted by atomic mass is 9.94. The van der Waals surface area contributed by atoms with Gasteiger partial charge in [0.25, 0.3) is 0 Å². The van der Waals surface area contributed by atoms with Gasteiger partial charge in [-0.2, -0.15) is 4.31 Å². The minimum Gasteiger partial charge on any atom is -0.408 e. The summed E-state index contributed by atoms with van der Waals surface area (Å²) in [5, 5.41) is 0. The van der Waals surface area contributed by atoms with Gasteiger partial charge in [-0.25, -0.2) is 13.2 Å². The van der Waals surface area contributed by atoms with E-state index in [-0.39, 0.29) is 22.9 Å². The average molecular weight is 450 g/mol. The van der Waals surface area contributed by atoms with E-state index < -0.39 is 15.8 Å². The normalized spacial score (nSPS) is 23.7. The number of hydrogen-bond donors (Lipinski definition) is 0. The highest BCUT2D eigenvalue weighted by atomic mass is 32.2. The largest absolute Gasteiger partial charge is 0.420 e. The van der Waals surface area contributed by atoms with Crippen molar-refractivity contribution in [1.82, 2.24) is 13.8 Å². The van der Waals surface area contributed by atoms with Crippen LogP contribution in [0, 0.1) is 11.8 Å². The Labute approximate surface area is 182 Å². The van der Waals surface area contributed by atoms with Crippen LogP contribution in [-0.2, 0) is 21.4 Å². The number of carbonyl (C=O) groups excluding carboxylic acids is 1. The Morgan fingerprint density at radius 2 is 1.71 bits per heavy atom. The van der Waals surface area contributed by atoms with Gasteiger partial charge in [-0.15, -0.1) is 0 Å². The summed E-state index contributed by atoms with van der Waals surface area (Å²) in [6.07, 6.45) is 5.19. The third-order valence-corrected chi connectivity index (χ3v) is 8.19. The molecule has 2 aromatic rings. The summed E-state index contributed by atoms with van der Waals surface area (Å²) >= 11 is 0. The number of piperidine rings is 1. The Morgan fingerprint density at radius 1 is 1.06 bits per heavy atom. The van der Waals surface area contributed by atoms with Crippen LogP contribution in [0.5, 0.6) is 0 Å². The fraction of sp³-hybridized carbons (Fsp3) is 0.636. The van der Waals surface area contributed by atoms with E-state index in [0.717, 1.165) is 32.1 Å². The van der Waals surface area contributed by atoms with E-state index in [0.29, 0.717) is 43.5 Å². The predicted molar refractivity (Wildman–Crippen MR) is 117 cm³/mol. The van der Waals surface area contributed by atoms with E-state index in [1.54, 1.807) is 11.0 Å². The zero-order chi connectivity index (χ0) is 22.2. The first-order valence-corrected chi connectivity index (χ1v) is 12.6. The highest BCUT2D eigenvalue weighted by Gasteiger charge is 2.32. The number of aromatic nitrogens is 1. The molecular weight excluding hydrogens is 418 g/mol. The Morgan fingerprint density at radius 3 is 2.35 bits per heavy atom. The van der Waals surface area contributed by atoms with Gasteiger partial charge in [0.05, 0.1) is 10.4 Å². The SMILES string of the molecule is CC1CC(C)CN(S(=O)(=O)c2ccc3c(c2)oc(=O)n3CC(=O)N2CCCCCC2)C1. The Bertz CT molecular complexity index is 1100. The highest BCUT2D eigenvalue weighted by Crippen LogP contribution is 2.28. The molecule has 31 heavy (non-hydrogen) atoms. The maximum Gasteiger partial charge on any atom is 0.420 e. The van der Waals surface area contributed by atoms with E-state index in [4.69, 9.17) is 4.42 Å². The van der Waals surface area contributed by atoms with Crippen LogP contribution in [0.3, 0.4) is 0 Å². The minimum atomic E-state index is -3.68. The third kappa shape index (κ3) is 4.57. The first-order valence-electron chi connectivity index (χ1n) is 11.2. The second kappa shape index (κ2) is 8.78. The molecule has 1 aromatic carbocycles. The zero-order valence-corrected chi connectivity index (χ0v) is 19.1. The summed E-state index contributed by atoms with van der Waals surface area (Å²) in [6, 6.07) is 4.48. The molecule has 170 valence electrons. The molecule has 8 nitrogen and oxygen atoms in total. The van der Waals surface area contributed by atoms with Crippen LogP contribution >= 0.6 is 0 Å². The fourth-order valence-electron chi connectivity index (χ4n) is 4.86. The van der Waals surface area contributed by atoms with Crippen molar-refractivity contribution in [3.8, 4) is 0 Å². The van der Waals surface area contributed by atoms with E-state index in [2.05, 4.69) is 13.8 Å². The number of nitrogens with zero attached hydrogens (tertiary/aromatic N) is 3. The standard InChI is InChI=1S/C22H31N3O5S/c1-16-11-17(2)14-24(13-16)31(28,29)18-7-8-19-20(12-18)30-22(27)25(19)15-21(26)23-9-5-3-4-6-10-23/h7-8,12,16-17H,3-6,9-11,13-15H2,1-2H3. The van der Waals surface area contributed by atoms with Crippen LogP contribution in [0.15, 0.2) is 32.3 Å². The number of amides is 1. The van der Waals surface area contributed by atoms with Gasteiger partial charge in [0.1, 0.15) is 6.54 Å². The molecule has 0 N–H and O–H groups in total. The van der Waals surface area contributed by atoms with E-state index in [1.165, 1.54) is 21.0 Å². The molecule has 2 atom stereocenters. The van der Waals surface area contributed by atoms with E-state index in [1.807, 2.05) is 0 Å². The molecule has 2 unspecified atom stereocenters. The summed E-state index contributed by atoms with van der Waals surface area (Å²) in [4.78, 5) is 27.1. The molecule has 3 heterocycles. The van der Waals surface area contributed by atoms with Crippen molar-refractivity contribution in [3.05, 3.63) is 28.7 Å². The summed E-state index contributed by atoms with van der Waals surface area (Å²) < 4.78 is 34.5. The summed E-state index contributed by atoms with van der Waals surface area (Å²) in [5.41, 5.74) is 0.625. The Kier molecular flexibility index (Phi) is 6.25. The van der Waals surface area contributed by atoms with Crippen LogP contribution in [0.1, 0.15) is 46.0 Å². The molecule has 0 aliphatic carbocycles. The summed E-state index contributed by atoms with van der Waals surface area (Å²) in [7, 11) is -3.68. The van der Waals surface area contributed by atoms with Crippen molar-refractivity contribution >= 4 is 27.0 Å². The number of likely N-dealkylation sites (tertiary alicyclic amines) is 1. The van der Waals surface area contributed by atoms with Crippen molar-refractivity contribution in [1.29, 1.82) is 0 Å². The number of benzene rings is 1. The van der Waals surface area contributed by atoms with Gasteiger partial charge >= 0.3 is 5.76 Å². The molecular formula is C22H31N3O5S. The van der Waals surface area contributed by atoms with E-state index >= 15 is 0 Å². The highest BCUT2D eigenvalue weighted by molar-refractivity contribution is 7.89. The fourth-order valence-corrected chi connectivity index (χ4v) is 6.56. The maximum atomic E-state index is 13.2. The van der Waals surface area contributed by atoms with Crippen molar-refractivity contribution in [3.63, 3.8) is 0 Å². The van der Waals surface area contributed by atoms with Gasteiger partial charge in [-0.05, 0) is 43.2 Å². The minimum absolute atomic E-state index is 0.0981. The third-order valence-electron chi connectivity index (χ3n) is 6.36. The van der Waals surface area contributed by atoms with Crippen LogP contribution in [-0.4, -0.2) is 54.3 Å². The quantitative estimate of drug-likeness (QED) is 0.715. The van der Waals surface area contributed by atoms with Crippen LogP contribution < -0.4 is 5.76 Å². The number of sulfonamides is 1. The van der Waals surface area contributed by atoms with Crippen molar-refractivity contribution < 1.29 is 17.6 Å². The van der Waals surface area contributed by atoms with Crippen molar-refractivity contribution in [2.24, 2.45) is 11.8 Å². The average Bonchev–Trinajstić information content (AvgIpc) is 2.88. The number of hydrogen-bond acceptors (Lipinski definition) is 5. The van der Waals surface area contributed by atoms with E-state index in [9.17, 15) is 18.0 Å². The molecule has 4 rings (SSSR count). The Hall–Kier alpha value is -2.13. The number of fused-ring (bicyclic) bond motifs is 1. The molecule has 9 heteroatoms. The molecule has 2 aliphatic rings. The first kappa shape index (κ1) is 22.1. The Balaban J connectivity index is 1.60. The number of rotatable bonds is 4. The molecule has 1 amide bonds. The smallest absolute Gasteiger partial charge is 0.408 e. The van der Waals surface area contributed by atoms with Gasteiger partial charge in [-0.3, -0.25) is 9.36 Å². The predicted octanol–water partition coefficient (Wildman–Crippen LogP) is 2.66. The van der Waals surface area contributed by atoms with Crippen LogP contribution in [0.2, 0.25) is 0 Å². The van der Waals surface area contributed by atoms with Crippen molar-refractivity contribution in [2.45, 2.75) is 57.4 Å². The van der Waals surface area contributed by atoms with Gasteiger partial charge in [0, 0.05) is 32.2 Å². The van der Waals surface area contributed by atoms with Crippen LogP contribution in [0.25, 0.3) is 11.1 Å². The summed E-state index contributed by atoms with van der Waals surface area (Å²) in [6.45, 7) is 6.40. The molecule has 0 bridgehead atoms. The maximum absolute atomic E-state index is 13.2. The molecule has 1 aromatic heterocycles. The van der Waals surface area contributed by atoms with Gasteiger partial charge < -0.3 is 9.32 Å². The summed E-state index contributed by atoms with van der Waals surface area (Å²) in [5.74, 6) is -0.162. The van der Waals surface area contributed by atoms with Gasteiger partial charge in [0.15, 0.2) is 5.58 Å². The zero-order valence-electron chi connectivity index (χ0n) is 18.2.